The first-order valence-corrected chi connectivity index (χ1v) is 13.5. The fourth-order valence-electron chi connectivity index (χ4n) is 6.49. The van der Waals surface area contributed by atoms with Crippen LogP contribution in [0.1, 0.15) is 86.1 Å². The van der Waals surface area contributed by atoms with E-state index < -0.39 is 8.53 Å². The Morgan fingerprint density at radius 2 is 1.65 bits per heavy atom. The molecule has 3 nitrogen and oxygen atoms in total. The molecule has 0 saturated carbocycles. The van der Waals surface area contributed by atoms with E-state index in [-0.39, 0.29) is 6.10 Å². The van der Waals surface area contributed by atoms with E-state index >= 15 is 0 Å². The van der Waals surface area contributed by atoms with Crippen LogP contribution in [0, 0.1) is 0 Å². The summed E-state index contributed by atoms with van der Waals surface area (Å²) in [7, 11) is -1.09. The third-order valence-electron chi connectivity index (χ3n) is 8.05. The maximum Gasteiger partial charge on any atom is 0.321 e. The summed E-state index contributed by atoms with van der Waals surface area (Å²) in [5.41, 5.74) is 7.53. The maximum atomic E-state index is 6.99. The molecule has 2 aliphatic carbocycles. The van der Waals surface area contributed by atoms with Crippen LogP contribution in [0.15, 0.2) is 36.4 Å². The Bertz CT molecular complexity index is 966. The van der Waals surface area contributed by atoms with Crippen molar-refractivity contribution in [1.82, 2.24) is 4.67 Å². The van der Waals surface area contributed by atoms with Gasteiger partial charge in [-0.05, 0) is 93.5 Å². The average molecular weight is 436 g/mol. The van der Waals surface area contributed by atoms with Gasteiger partial charge in [-0.3, -0.25) is 0 Å². The lowest BCUT2D eigenvalue weighted by molar-refractivity contribution is 0.121. The van der Waals surface area contributed by atoms with Crippen LogP contribution in [0.25, 0.3) is 0 Å². The van der Waals surface area contributed by atoms with Crippen molar-refractivity contribution in [3.63, 3.8) is 0 Å². The quantitative estimate of drug-likeness (QED) is 0.454. The Balaban J connectivity index is 1.50. The van der Waals surface area contributed by atoms with Gasteiger partial charge in [0.05, 0.1) is 6.10 Å². The molecule has 0 amide bonds. The van der Waals surface area contributed by atoms with Crippen molar-refractivity contribution in [2.75, 3.05) is 0 Å². The third-order valence-corrected chi connectivity index (χ3v) is 10.0. The van der Waals surface area contributed by atoms with Crippen molar-refractivity contribution in [2.24, 2.45) is 0 Å². The van der Waals surface area contributed by atoms with Gasteiger partial charge in [0.2, 0.25) is 0 Å². The average Bonchev–Trinajstić information content (AvgIpc) is 2.96. The Kier molecular flexibility index (Phi) is 5.33. The lowest BCUT2D eigenvalue weighted by Gasteiger charge is -2.42. The van der Waals surface area contributed by atoms with Gasteiger partial charge in [-0.15, -0.1) is 0 Å². The molecule has 1 fully saturated rings. The first-order chi connectivity index (χ1) is 15.2. The van der Waals surface area contributed by atoms with Gasteiger partial charge >= 0.3 is 8.53 Å². The number of aryl methyl sites for hydroxylation is 2. The van der Waals surface area contributed by atoms with Crippen molar-refractivity contribution in [3.8, 4) is 5.75 Å². The predicted molar refractivity (Wildman–Crippen MR) is 127 cm³/mol. The van der Waals surface area contributed by atoms with Crippen molar-refractivity contribution < 1.29 is 9.05 Å². The number of nitrogens with zero attached hydrogens (tertiary/aromatic N) is 1. The molecule has 0 spiro atoms. The molecule has 2 aromatic rings. The molecule has 0 N–H and O–H groups in total. The van der Waals surface area contributed by atoms with Gasteiger partial charge in [0, 0.05) is 23.6 Å². The minimum Gasteiger partial charge on any atom is -0.435 e. The Morgan fingerprint density at radius 3 is 2.52 bits per heavy atom. The molecular formula is C27H34NO2P. The zero-order valence-corrected chi connectivity index (χ0v) is 19.7. The standard InChI is InChI=1S/C27H34NO2P/c1-18-8-7-9-19(2)28(18)31-29-24-16-14-20-10-3-5-12-22(20)26(24)27-23-13-6-4-11-21(23)15-17-25(27)30-31/h3,5,10,12,15,17-19,24,26H,4,6-9,11,13-14,16H2,1-2H3/t18?,19?,24?,26-,31?/m1/s1. The Morgan fingerprint density at radius 1 is 0.839 bits per heavy atom. The molecule has 4 unspecified atom stereocenters. The van der Waals surface area contributed by atoms with Crippen LogP contribution >= 0.6 is 8.53 Å². The molecule has 1 saturated heterocycles. The van der Waals surface area contributed by atoms with E-state index in [1.165, 1.54) is 61.6 Å². The summed E-state index contributed by atoms with van der Waals surface area (Å²) in [6.07, 6.45) is 11.2. The second kappa shape index (κ2) is 8.18. The normalized spacial score (nSPS) is 32.6. The molecule has 5 atom stereocenters. The van der Waals surface area contributed by atoms with Crippen LogP contribution < -0.4 is 4.52 Å². The monoisotopic (exact) mass is 435 g/mol. The van der Waals surface area contributed by atoms with E-state index in [9.17, 15) is 0 Å². The van der Waals surface area contributed by atoms with Crippen LogP contribution in [0.5, 0.6) is 5.75 Å². The molecule has 2 heterocycles. The fourth-order valence-corrected chi connectivity index (χ4v) is 8.40. The second-order valence-corrected chi connectivity index (χ2v) is 11.4. The highest BCUT2D eigenvalue weighted by Crippen LogP contribution is 2.58. The van der Waals surface area contributed by atoms with E-state index in [4.69, 9.17) is 9.05 Å². The molecule has 0 bridgehead atoms. The molecule has 6 rings (SSSR count). The zero-order chi connectivity index (χ0) is 20.9. The van der Waals surface area contributed by atoms with Gasteiger partial charge in [0.1, 0.15) is 5.75 Å². The molecule has 4 aliphatic rings. The van der Waals surface area contributed by atoms with Crippen molar-refractivity contribution in [1.29, 1.82) is 0 Å². The largest absolute Gasteiger partial charge is 0.435 e. The second-order valence-electron chi connectivity index (χ2n) is 10.0. The van der Waals surface area contributed by atoms with Crippen LogP contribution in [-0.2, 0) is 23.8 Å². The summed E-state index contributed by atoms with van der Waals surface area (Å²) in [5, 5.41) is 0. The summed E-state index contributed by atoms with van der Waals surface area (Å²) in [6, 6.07) is 14.7. The summed E-state index contributed by atoms with van der Waals surface area (Å²) in [4.78, 5) is 0. The molecule has 164 valence electrons. The number of rotatable bonds is 1. The zero-order valence-electron chi connectivity index (χ0n) is 18.8. The first-order valence-electron chi connectivity index (χ1n) is 12.4. The first kappa shape index (κ1) is 20.2. The van der Waals surface area contributed by atoms with Crippen LogP contribution in [0.2, 0.25) is 0 Å². The van der Waals surface area contributed by atoms with E-state index in [2.05, 4.69) is 54.9 Å². The topological polar surface area (TPSA) is 21.7 Å². The van der Waals surface area contributed by atoms with Crippen molar-refractivity contribution >= 4 is 8.53 Å². The highest BCUT2D eigenvalue weighted by atomic mass is 31.2. The maximum absolute atomic E-state index is 6.99. The lowest BCUT2D eigenvalue weighted by Crippen LogP contribution is -2.41. The highest BCUT2D eigenvalue weighted by molar-refractivity contribution is 7.45. The van der Waals surface area contributed by atoms with Crippen LogP contribution in [-0.4, -0.2) is 22.9 Å². The summed E-state index contributed by atoms with van der Waals surface area (Å²) < 4.78 is 16.4. The minimum atomic E-state index is -1.09. The fraction of sp³-hybridized carbons (Fsp3) is 0.556. The van der Waals surface area contributed by atoms with Gasteiger partial charge < -0.3 is 9.05 Å². The SMILES string of the molecule is CC1CCCC(C)N1P1Oc2ccc3c(c2[C@@H]2c4ccccc4CCC2O1)CCCC3. The van der Waals surface area contributed by atoms with E-state index in [1.807, 2.05) is 0 Å². The smallest absolute Gasteiger partial charge is 0.321 e. The van der Waals surface area contributed by atoms with Gasteiger partial charge in [-0.25, -0.2) is 4.67 Å². The van der Waals surface area contributed by atoms with Gasteiger partial charge in [-0.1, -0.05) is 36.8 Å². The van der Waals surface area contributed by atoms with Gasteiger partial charge in [0.25, 0.3) is 0 Å². The van der Waals surface area contributed by atoms with Gasteiger partial charge in [0.15, 0.2) is 0 Å². The lowest BCUT2D eigenvalue weighted by atomic mass is 9.73. The van der Waals surface area contributed by atoms with E-state index in [1.54, 1.807) is 11.1 Å². The molecule has 4 heteroatoms. The summed E-state index contributed by atoms with van der Waals surface area (Å²) in [5.74, 6) is 1.40. The number of hydrogen-bond acceptors (Lipinski definition) is 3. The minimum absolute atomic E-state index is 0.206. The number of benzene rings is 2. The predicted octanol–water partition coefficient (Wildman–Crippen LogP) is 6.91. The number of fused-ring (bicyclic) bond motifs is 7. The summed E-state index contributed by atoms with van der Waals surface area (Å²) in [6.45, 7) is 4.72. The molecule has 0 radical (unpaired) electrons. The van der Waals surface area contributed by atoms with Crippen molar-refractivity contribution in [2.45, 2.75) is 95.7 Å². The van der Waals surface area contributed by atoms with Crippen LogP contribution in [0.3, 0.4) is 0 Å². The summed E-state index contributed by atoms with van der Waals surface area (Å²) >= 11 is 0. The number of piperidine rings is 1. The third kappa shape index (κ3) is 3.45. The van der Waals surface area contributed by atoms with E-state index in [0.29, 0.717) is 18.0 Å². The molecular weight excluding hydrogens is 401 g/mol. The Labute approximate surface area is 188 Å². The number of hydrogen-bond donors (Lipinski definition) is 0. The van der Waals surface area contributed by atoms with Crippen molar-refractivity contribution in [3.05, 3.63) is 64.2 Å². The molecule has 0 aromatic heterocycles. The van der Waals surface area contributed by atoms with Gasteiger partial charge in [-0.2, -0.15) is 0 Å². The van der Waals surface area contributed by atoms with Crippen LogP contribution in [0.4, 0.5) is 0 Å². The van der Waals surface area contributed by atoms with E-state index in [0.717, 1.165) is 18.6 Å². The highest BCUT2D eigenvalue weighted by Gasteiger charge is 2.44. The molecule has 31 heavy (non-hydrogen) atoms. The molecule has 2 aromatic carbocycles. The Hall–Kier alpha value is -1.41. The molecule has 2 aliphatic heterocycles.